The number of alkyl carbamates (subject to hydrolysis) is 1. The van der Waals surface area contributed by atoms with Crippen molar-refractivity contribution in [3.63, 3.8) is 0 Å². The van der Waals surface area contributed by atoms with Crippen molar-refractivity contribution in [3.05, 3.63) is 88.4 Å². The first kappa shape index (κ1) is 22.9. The average Bonchev–Trinajstić information content (AvgIpc) is 3.50. The number of carbonyl (C=O) groups excluding carboxylic acids is 2. The molecule has 2 aliphatic rings. The SMILES string of the molecule is O=C(CC1(NC(=O)OCC2c3ccccc3-c3ccccc32)CC1)Nc1ccc(Cl)cc1C(=O)O. The van der Waals surface area contributed by atoms with Crippen molar-refractivity contribution >= 4 is 35.3 Å². The molecule has 178 valence electrons. The Morgan fingerprint density at radius 1 is 0.971 bits per heavy atom. The summed E-state index contributed by atoms with van der Waals surface area (Å²) in [5, 5.41) is 15.1. The third-order valence-corrected chi connectivity index (χ3v) is 6.78. The predicted molar refractivity (Wildman–Crippen MR) is 132 cm³/mol. The highest BCUT2D eigenvalue weighted by atomic mass is 35.5. The molecule has 1 saturated carbocycles. The second-order valence-electron chi connectivity index (χ2n) is 8.95. The van der Waals surface area contributed by atoms with E-state index in [0.29, 0.717) is 12.8 Å². The maximum Gasteiger partial charge on any atom is 0.407 e. The van der Waals surface area contributed by atoms with Crippen LogP contribution in [0.2, 0.25) is 5.02 Å². The highest BCUT2D eigenvalue weighted by Gasteiger charge is 2.46. The van der Waals surface area contributed by atoms with E-state index in [0.717, 1.165) is 22.3 Å². The fourth-order valence-electron chi connectivity index (χ4n) is 4.65. The Balaban J connectivity index is 1.20. The van der Waals surface area contributed by atoms with Crippen LogP contribution in [0.3, 0.4) is 0 Å². The molecule has 2 aliphatic carbocycles. The van der Waals surface area contributed by atoms with Gasteiger partial charge in [-0.1, -0.05) is 60.1 Å². The lowest BCUT2D eigenvalue weighted by Gasteiger charge is -2.19. The molecule has 0 saturated heterocycles. The maximum absolute atomic E-state index is 12.6. The summed E-state index contributed by atoms with van der Waals surface area (Å²) in [5.41, 5.74) is 3.91. The number of fused-ring (bicyclic) bond motifs is 3. The van der Waals surface area contributed by atoms with Crippen molar-refractivity contribution in [2.24, 2.45) is 0 Å². The Kier molecular flexibility index (Phi) is 5.94. The van der Waals surface area contributed by atoms with E-state index in [4.69, 9.17) is 16.3 Å². The van der Waals surface area contributed by atoms with E-state index in [9.17, 15) is 19.5 Å². The number of halogens is 1. The molecule has 0 aromatic heterocycles. The molecule has 7 nitrogen and oxygen atoms in total. The van der Waals surface area contributed by atoms with E-state index in [1.54, 1.807) is 0 Å². The Bertz CT molecular complexity index is 1290. The standard InChI is InChI=1S/C27H23ClN2O5/c28-16-9-10-23(21(13-16)25(32)33)29-24(31)14-27(11-12-27)30-26(34)35-15-22-19-7-3-1-5-17(19)18-6-2-4-8-20(18)22/h1-10,13,22H,11-12,14-15H2,(H,29,31)(H,30,34)(H,32,33). The van der Waals surface area contributed by atoms with Crippen LogP contribution in [0.15, 0.2) is 66.7 Å². The van der Waals surface area contributed by atoms with Crippen LogP contribution < -0.4 is 10.6 Å². The lowest BCUT2D eigenvalue weighted by molar-refractivity contribution is -0.116. The van der Waals surface area contributed by atoms with Crippen molar-refractivity contribution in [2.45, 2.75) is 30.7 Å². The molecule has 0 unspecified atom stereocenters. The monoisotopic (exact) mass is 490 g/mol. The zero-order valence-corrected chi connectivity index (χ0v) is 19.5. The summed E-state index contributed by atoms with van der Waals surface area (Å²) in [6, 6.07) is 20.4. The number of nitrogens with one attached hydrogen (secondary N) is 2. The molecule has 35 heavy (non-hydrogen) atoms. The third-order valence-electron chi connectivity index (χ3n) is 6.55. The first-order valence-corrected chi connectivity index (χ1v) is 11.7. The predicted octanol–water partition coefficient (Wildman–Crippen LogP) is 5.44. The molecular weight excluding hydrogens is 468 g/mol. The van der Waals surface area contributed by atoms with Crippen LogP contribution in [0, 0.1) is 0 Å². The van der Waals surface area contributed by atoms with Gasteiger partial charge >= 0.3 is 12.1 Å². The minimum atomic E-state index is -1.19. The van der Waals surface area contributed by atoms with Gasteiger partial charge in [-0.15, -0.1) is 0 Å². The summed E-state index contributed by atoms with van der Waals surface area (Å²) >= 11 is 5.87. The Labute approximate surface area is 207 Å². The Morgan fingerprint density at radius 3 is 2.20 bits per heavy atom. The Hall–Kier alpha value is -3.84. The van der Waals surface area contributed by atoms with E-state index in [-0.39, 0.29) is 35.2 Å². The molecule has 0 radical (unpaired) electrons. The second-order valence-corrected chi connectivity index (χ2v) is 9.39. The number of aromatic carboxylic acids is 1. The van der Waals surface area contributed by atoms with Gasteiger partial charge in [-0.3, -0.25) is 4.79 Å². The minimum Gasteiger partial charge on any atom is -0.478 e. The molecule has 0 bridgehead atoms. The minimum absolute atomic E-state index is 0.0128. The fraction of sp³-hybridized carbons (Fsp3) is 0.222. The summed E-state index contributed by atoms with van der Waals surface area (Å²) < 4.78 is 5.61. The van der Waals surface area contributed by atoms with E-state index < -0.39 is 23.5 Å². The highest BCUT2D eigenvalue weighted by molar-refractivity contribution is 6.31. The number of anilines is 1. The first-order chi connectivity index (χ1) is 16.8. The van der Waals surface area contributed by atoms with Gasteiger partial charge in [0, 0.05) is 10.9 Å². The fourth-order valence-corrected chi connectivity index (χ4v) is 4.82. The summed E-state index contributed by atoms with van der Waals surface area (Å²) in [5.74, 6) is -1.64. The topological polar surface area (TPSA) is 105 Å². The van der Waals surface area contributed by atoms with Gasteiger partial charge in [0.25, 0.3) is 0 Å². The quantitative estimate of drug-likeness (QED) is 0.409. The van der Waals surface area contributed by atoms with Gasteiger partial charge in [0.1, 0.15) is 6.61 Å². The largest absolute Gasteiger partial charge is 0.478 e. The molecule has 2 amide bonds. The zero-order valence-electron chi connectivity index (χ0n) is 18.7. The molecule has 8 heteroatoms. The zero-order chi connectivity index (χ0) is 24.6. The molecule has 3 aromatic rings. The third kappa shape index (κ3) is 4.72. The molecule has 0 atom stereocenters. The molecule has 1 fully saturated rings. The van der Waals surface area contributed by atoms with Crippen LogP contribution in [0.1, 0.15) is 46.7 Å². The van der Waals surface area contributed by atoms with Crippen LogP contribution in [-0.4, -0.2) is 35.2 Å². The summed E-state index contributed by atoms with van der Waals surface area (Å²) in [7, 11) is 0. The van der Waals surface area contributed by atoms with Crippen molar-refractivity contribution < 1.29 is 24.2 Å². The van der Waals surface area contributed by atoms with Gasteiger partial charge in [-0.25, -0.2) is 9.59 Å². The number of carboxylic acids is 1. The van der Waals surface area contributed by atoms with Crippen LogP contribution in [0.25, 0.3) is 11.1 Å². The van der Waals surface area contributed by atoms with Gasteiger partial charge in [-0.2, -0.15) is 0 Å². The number of amides is 2. The molecule has 0 heterocycles. The molecule has 0 aliphatic heterocycles. The van der Waals surface area contributed by atoms with Crippen LogP contribution in [0.5, 0.6) is 0 Å². The second kappa shape index (κ2) is 9.07. The lowest BCUT2D eigenvalue weighted by atomic mass is 9.98. The van der Waals surface area contributed by atoms with Crippen LogP contribution >= 0.6 is 11.6 Å². The lowest BCUT2D eigenvalue weighted by Crippen LogP contribution is -2.40. The molecular formula is C27H23ClN2O5. The molecule has 3 aromatic carbocycles. The average molecular weight is 491 g/mol. The highest BCUT2D eigenvalue weighted by Crippen LogP contribution is 2.44. The number of carbonyl (C=O) groups is 3. The number of hydrogen-bond donors (Lipinski definition) is 3. The first-order valence-electron chi connectivity index (χ1n) is 11.3. The summed E-state index contributed by atoms with van der Waals surface area (Å²) in [4.78, 5) is 36.7. The number of hydrogen-bond acceptors (Lipinski definition) is 4. The van der Waals surface area contributed by atoms with Gasteiger partial charge in [0.15, 0.2) is 0 Å². The van der Waals surface area contributed by atoms with Gasteiger partial charge in [0.05, 0.1) is 23.2 Å². The van der Waals surface area contributed by atoms with Crippen molar-refractivity contribution in [2.75, 3.05) is 11.9 Å². The Morgan fingerprint density at radius 2 is 1.60 bits per heavy atom. The van der Waals surface area contributed by atoms with Crippen molar-refractivity contribution in [1.82, 2.24) is 5.32 Å². The smallest absolute Gasteiger partial charge is 0.407 e. The van der Waals surface area contributed by atoms with E-state index in [1.165, 1.54) is 18.2 Å². The number of carboxylic acid groups (broad SMARTS) is 1. The van der Waals surface area contributed by atoms with E-state index >= 15 is 0 Å². The van der Waals surface area contributed by atoms with Crippen molar-refractivity contribution in [1.29, 1.82) is 0 Å². The van der Waals surface area contributed by atoms with Crippen LogP contribution in [-0.2, 0) is 9.53 Å². The van der Waals surface area contributed by atoms with E-state index in [2.05, 4.69) is 34.9 Å². The number of rotatable bonds is 7. The van der Waals surface area contributed by atoms with Gasteiger partial charge in [0.2, 0.25) is 5.91 Å². The van der Waals surface area contributed by atoms with E-state index in [1.807, 2.05) is 24.3 Å². The molecule has 0 spiro atoms. The van der Waals surface area contributed by atoms with Gasteiger partial charge in [-0.05, 0) is 53.3 Å². The summed E-state index contributed by atoms with van der Waals surface area (Å²) in [6.45, 7) is 0.189. The van der Waals surface area contributed by atoms with Crippen molar-refractivity contribution in [3.8, 4) is 11.1 Å². The molecule has 5 rings (SSSR count). The van der Waals surface area contributed by atoms with Gasteiger partial charge < -0.3 is 20.5 Å². The van der Waals surface area contributed by atoms with Crippen LogP contribution in [0.4, 0.5) is 10.5 Å². The summed E-state index contributed by atoms with van der Waals surface area (Å²) in [6.07, 6.45) is 0.710. The normalized spacial score (nSPS) is 15.0. The number of benzene rings is 3. The maximum atomic E-state index is 12.6. The molecule has 3 N–H and O–H groups in total. The number of ether oxygens (including phenoxy) is 1.